The van der Waals surface area contributed by atoms with Gasteiger partial charge in [-0.05, 0) is 42.5 Å². The van der Waals surface area contributed by atoms with Gasteiger partial charge in [0.25, 0.3) is 5.91 Å². The highest BCUT2D eigenvalue weighted by Crippen LogP contribution is 2.23. The lowest BCUT2D eigenvalue weighted by Gasteiger charge is -2.09. The number of pyridine rings is 1. The third-order valence-corrected chi connectivity index (χ3v) is 3.97. The Kier molecular flexibility index (Phi) is 5.35. The van der Waals surface area contributed by atoms with Crippen molar-refractivity contribution in [2.75, 3.05) is 10.6 Å². The molecule has 0 atom stereocenters. The van der Waals surface area contributed by atoms with E-state index in [1.807, 2.05) is 0 Å². The molecule has 3 rings (SSSR count). The molecule has 8 heteroatoms. The summed E-state index contributed by atoms with van der Waals surface area (Å²) in [5.41, 5.74) is 1.67. The zero-order valence-electron chi connectivity index (χ0n) is 13.1. The van der Waals surface area contributed by atoms with Gasteiger partial charge in [0.05, 0.1) is 27.5 Å². The largest absolute Gasteiger partial charge is 0.354 e. The Morgan fingerprint density at radius 2 is 1.46 bits per heavy atom. The molecule has 0 aliphatic carbocycles. The monoisotopic (exact) mass is 393 g/mol. The van der Waals surface area contributed by atoms with Crippen LogP contribution in [-0.2, 0) is 0 Å². The minimum Gasteiger partial charge on any atom is -0.354 e. The summed E-state index contributed by atoms with van der Waals surface area (Å²) >= 11 is 11.4. The van der Waals surface area contributed by atoms with E-state index in [9.17, 15) is 13.6 Å². The number of carbonyl (C=O) groups is 1. The van der Waals surface area contributed by atoms with Gasteiger partial charge < -0.3 is 10.6 Å². The number of carbonyl (C=O) groups excluding carboxylic acids is 1. The fraction of sp³-hybridized carbons (Fsp3) is 0. The Labute approximate surface area is 157 Å². The van der Waals surface area contributed by atoms with Crippen molar-refractivity contribution in [3.05, 3.63) is 82.1 Å². The molecule has 0 radical (unpaired) electrons. The number of halogens is 4. The van der Waals surface area contributed by atoms with Gasteiger partial charge in [-0.15, -0.1) is 0 Å². The first-order chi connectivity index (χ1) is 12.4. The molecule has 1 amide bonds. The highest BCUT2D eigenvalue weighted by atomic mass is 35.5. The minimum absolute atomic E-state index is 0.0231. The number of rotatable bonds is 4. The Bertz CT molecular complexity index is 982. The first kappa shape index (κ1) is 18.1. The standard InChI is InChI=1S/C18H11Cl2F2N3O/c19-14-6-11(1-3-16(14)21)24-13-5-10(8-23-9-13)18(26)25-12-2-4-17(22)15(20)7-12/h1-9,24H,(H,25,26). The number of nitrogens with zero attached hydrogens (tertiary/aromatic N) is 1. The number of amides is 1. The molecule has 26 heavy (non-hydrogen) atoms. The van der Waals surface area contributed by atoms with Gasteiger partial charge in [0.1, 0.15) is 11.6 Å². The van der Waals surface area contributed by atoms with Crippen LogP contribution in [0.2, 0.25) is 10.0 Å². The molecule has 2 aromatic carbocycles. The maximum Gasteiger partial charge on any atom is 0.257 e. The Morgan fingerprint density at radius 1 is 0.846 bits per heavy atom. The van der Waals surface area contributed by atoms with E-state index in [1.165, 1.54) is 42.7 Å². The van der Waals surface area contributed by atoms with Crippen LogP contribution in [0.25, 0.3) is 0 Å². The van der Waals surface area contributed by atoms with Crippen LogP contribution in [0, 0.1) is 11.6 Å². The zero-order valence-corrected chi connectivity index (χ0v) is 14.6. The molecule has 2 N–H and O–H groups in total. The lowest BCUT2D eigenvalue weighted by atomic mass is 10.2. The van der Waals surface area contributed by atoms with Crippen LogP contribution in [-0.4, -0.2) is 10.9 Å². The Hall–Kier alpha value is -2.70. The smallest absolute Gasteiger partial charge is 0.257 e. The maximum atomic E-state index is 13.2. The number of anilines is 3. The Balaban J connectivity index is 1.76. The van der Waals surface area contributed by atoms with Crippen LogP contribution in [0.1, 0.15) is 10.4 Å². The topological polar surface area (TPSA) is 54.0 Å². The zero-order chi connectivity index (χ0) is 18.7. The highest BCUT2D eigenvalue weighted by Gasteiger charge is 2.10. The van der Waals surface area contributed by atoms with Crippen molar-refractivity contribution in [3.63, 3.8) is 0 Å². The van der Waals surface area contributed by atoms with Crippen molar-refractivity contribution in [3.8, 4) is 0 Å². The summed E-state index contributed by atoms with van der Waals surface area (Å²) in [4.78, 5) is 16.3. The molecule has 0 unspecified atom stereocenters. The average Bonchev–Trinajstić information content (AvgIpc) is 2.61. The second-order valence-corrected chi connectivity index (χ2v) is 6.11. The fourth-order valence-corrected chi connectivity index (χ4v) is 2.51. The molecule has 0 spiro atoms. The summed E-state index contributed by atoms with van der Waals surface area (Å²) < 4.78 is 26.4. The van der Waals surface area contributed by atoms with Crippen molar-refractivity contribution in [1.82, 2.24) is 4.98 Å². The van der Waals surface area contributed by atoms with Gasteiger partial charge in [0.2, 0.25) is 0 Å². The first-order valence-electron chi connectivity index (χ1n) is 7.36. The van der Waals surface area contributed by atoms with Gasteiger partial charge >= 0.3 is 0 Å². The van der Waals surface area contributed by atoms with Gasteiger partial charge in [-0.1, -0.05) is 23.2 Å². The van der Waals surface area contributed by atoms with Crippen LogP contribution in [0.15, 0.2) is 54.9 Å². The highest BCUT2D eigenvalue weighted by molar-refractivity contribution is 6.31. The molecule has 0 aliphatic heterocycles. The second-order valence-electron chi connectivity index (χ2n) is 5.30. The van der Waals surface area contributed by atoms with Crippen LogP contribution in [0.3, 0.4) is 0 Å². The summed E-state index contributed by atoms with van der Waals surface area (Å²) in [5.74, 6) is -1.54. The van der Waals surface area contributed by atoms with E-state index in [4.69, 9.17) is 23.2 Å². The van der Waals surface area contributed by atoms with E-state index >= 15 is 0 Å². The molecule has 4 nitrogen and oxygen atoms in total. The summed E-state index contributed by atoms with van der Waals surface area (Å²) in [6.07, 6.45) is 2.88. The van der Waals surface area contributed by atoms with Crippen LogP contribution >= 0.6 is 23.2 Å². The number of aromatic nitrogens is 1. The third-order valence-electron chi connectivity index (χ3n) is 3.39. The molecule has 3 aromatic rings. The van der Waals surface area contributed by atoms with E-state index < -0.39 is 17.5 Å². The molecule has 132 valence electrons. The number of nitrogens with one attached hydrogen (secondary N) is 2. The second kappa shape index (κ2) is 7.68. The number of hydrogen-bond acceptors (Lipinski definition) is 3. The van der Waals surface area contributed by atoms with Crippen molar-refractivity contribution in [2.24, 2.45) is 0 Å². The molecular weight excluding hydrogens is 383 g/mol. The van der Waals surface area contributed by atoms with E-state index in [2.05, 4.69) is 15.6 Å². The molecule has 1 aromatic heterocycles. The third kappa shape index (κ3) is 4.28. The normalized spacial score (nSPS) is 10.5. The minimum atomic E-state index is -0.574. The summed E-state index contributed by atoms with van der Waals surface area (Å²) in [7, 11) is 0. The van der Waals surface area contributed by atoms with E-state index in [0.29, 0.717) is 17.1 Å². The van der Waals surface area contributed by atoms with Crippen molar-refractivity contribution < 1.29 is 13.6 Å². The van der Waals surface area contributed by atoms with E-state index in [0.717, 1.165) is 6.07 Å². The summed E-state index contributed by atoms with van der Waals surface area (Å²) in [6.45, 7) is 0. The molecular formula is C18H11Cl2F2N3O. The predicted octanol–water partition coefficient (Wildman–Crippen LogP) is 5.66. The fourth-order valence-electron chi connectivity index (χ4n) is 2.15. The van der Waals surface area contributed by atoms with Crippen LogP contribution < -0.4 is 10.6 Å². The molecule has 1 heterocycles. The van der Waals surface area contributed by atoms with Gasteiger partial charge in [-0.25, -0.2) is 8.78 Å². The molecule has 0 saturated heterocycles. The van der Waals surface area contributed by atoms with Gasteiger partial charge in [0.15, 0.2) is 0 Å². The number of hydrogen-bond donors (Lipinski definition) is 2. The van der Waals surface area contributed by atoms with Crippen molar-refractivity contribution in [2.45, 2.75) is 0 Å². The van der Waals surface area contributed by atoms with Gasteiger partial charge in [-0.2, -0.15) is 0 Å². The van der Waals surface area contributed by atoms with Crippen LogP contribution in [0.5, 0.6) is 0 Å². The van der Waals surface area contributed by atoms with Gasteiger partial charge in [-0.3, -0.25) is 9.78 Å². The van der Waals surface area contributed by atoms with Gasteiger partial charge in [0, 0.05) is 17.6 Å². The van der Waals surface area contributed by atoms with Crippen molar-refractivity contribution in [1.29, 1.82) is 0 Å². The van der Waals surface area contributed by atoms with Crippen molar-refractivity contribution >= 4 is 46.2 Å². The molecule has 0 fully saturated rings. The quantitative estimate of drug-likeness (QED) is 0.600. The lowest BCUT2D eigenvalue weighted by Crippen LogP contribution is -2.12. The van der Waals surface area contributed by atoms with Crippen LogP contribution in [0.4, 0.5) is 25.8 Å². The number of benzene rings is 2. The molecule has 0 bridgehead atoms. The summed E-state index contributed by atoms with van der Waals surface area (Å²) in [6, 6.07) is 9.59. The Morgan fingerprint density at radius 3 is 2.12 bits per heavy atom. The SMILES string of the molecule is O=C(Nc1ccc(F)c(Cl)c1)c1cncc(Nc2ccc(F)c(Cl)c2)c1. The van der Waals surface area contributed by atoms with E-state index in [-0.39, 0.29) is 15.6 Å². The first-order valence-corrected chi connectivity index (χ1v) is 8.11. The predicted molar refractivity (Wildman–Crippen MR) is 98.3 cm³/mol. The molecule has 0 aliphatic rings. The maximum absolute atomic E-state index is 13.2. The average molecular weight is 394 g/mol. The molecule has 0 saturated carbocycles. The summed E-state index contributed by atoms with van der Waals surface area (Å²) in [5, 5.41) is 5.47. The lowest BCUT2D eigenvalue weighted by molar-refractivity contribution is 0.102. The van der Waals surface area contributed by atoms with E-state index in [1.54, 1.807) is 6.07 Å².